The lowest BCUT2D eigenvalue weighted by Crippen LogP contribution is -2.29. The zero-order chi connectivity index (χ0) is 15.1. The van der Waals surface area contributed by atoms with E-state index in [1.54, 1.807) is 25.2 Å². The SMILES string of the molecule is CNSC(OCc1ccccc1)C(N)c1ccccc1F. The highest BCUT2D eigenvalue weighted by Gasteiger charge is 2.23. The van der Waals surface area contributed by atoms with Crippen LogP contribution in [0.15, 0.2) is 54.6 Å². The topological polar surface area (TPSA) is 47.3 Å². The summed E-state index contributed by atoms with van der Waals surface area (Å²) in [7, 11) is 1.79. The molecule has 2 unspecified atom stereocenters. The fraction of sp³-hybridized carbons (Fsp3) is 0.250. The van der Waals surface area contributed by atoms with Gasteiger partial charge in [-0.05, 0) is 30.6 Å². The van der Waals surface area contributed by atoms with Crippen LogP contribution in [0, 0.1) is 5.82 Å². The molecule has 0 bridgehead atoms. The van der Waals surface area contributed by atoms with E-state index in [1.807, 2.05) is 30.3 Å². The van der Waals surface area contributed by atoms with Crippen molar-refractivity contribution in [2.24, 2.45) is 5.73 Å². The molecule has 2 atom stereocenters. The Bertz CT molecular complexity index is 553. The monoisotopic (exact) mass is 306 g/mol. The normalized spacial score (nSPS) is 13.9. The Morgan fingerprint density at radius 2 is 1.81 bits per heavy atom. The molecule has 0 saturated heterocycles. The minimum atomic E-state index is -0.549. The number of hydrogen-bond acceptors (Lipinski definition) is 4. The number of ether oxygens (including phenoxy) is 1. The highest BCUT2D eigenvalue weighted by atomic mass is 32.2. The zero-order valence-corrected chi connectivity index (χ0v) is 12.6. The Morgan fingerprint density at radius 3 is 2.48 bits per heavy atom. The minimum absolute atomic E-state index is 0.310. The number of hydrogen-bond donors (Lipinski definition) is 2. The number of rotatable bonds is 7. The lowest BCUT2D eigenvalue weighted by molar-refractivity contribution is 0.0813. The van der Waals surface area contributed by atoms with Crippen molar-refractivity contribution >= 4 is 11.9 Å². The first kappa shape index (κ1) is 16.0. The molecule has 0 fully saturated rings. The van der Waals surface area contributed by atoms with Gasteiger partial charge < -0.3 is 10.5 Å². The third kappa shape index (κ3) is 4.54. The van der Waals surface area contributed by atoms with Gasteiger partial charge in [0.05, 0.1) is 12.6 Å². The maximum absolute atomic E-state index is 13.8. The summed E-state index contributed by atoms with van der Waals surface area (Å²) in [6, 6.07) is 15.8. The van der Waals surface area contributed by atoms with Crippen molar-refractivity contribution in [2.75, 3.05) is 7.05 Å². The average Bonchev–Trinajstić information content (AvgIpc) is 2.52. The maximum Gasteiger partial charge on any atom is 0.136 e. The van der Waals surface area contributed by atoms with Crippen LogP contribution in [0.5, 0.6) is 0 Å². The van der Waals surface area contributed by atoms with Gasteiger partial charge in [-0.15, -0.1) is 0 Å². The molecule has 0 aromatic heterocycles. The Hall–Kier alpha value is -1.40. The molecule has 0 amide bonds. The van der Waals surface area contributed by atoms with E-state index in [9.17, 15) is 4.39 Å². The summed E-state index contributed by atoms with van der Waals surface area (Å²) in [5.41, 5.74) is 7.29. The largest absolute Gasteiger partial charge is 0.360 e. The fourth-order valence-corrected chi connectivity index (χ4v) is 2.63. The van der Waals surface area contributed by atoms with Gasteiger partial charge in [-0.1, -0.05) is 48.5 Å². The molecule has 112 valence electrons. The molecule has 0 spiro atoms. The molecule has 2 rings (SSSR count). The van der Waals surface area contributed by atoms with Gasteiger partial charge in [0.15, 0.2) is 0 Å². The summed E-state index contributed by atoms with van der Waals surface area (Å²) < 4.78 is 22.7. The lowest BCUT2D eigenvalue weighted by atomic mass is 10.1. The van der Waals surface area contributed by atoms with Crippen LogP contribution in [0.1, 0.15) is 17.2 Å². The van der Waals surface area contributed by atoms with Crippen molar-refractivity contribution in [2.45, 2.75) is 18.1 Å². The average molecular weight is 306 g/mol. The second-order valence-electron chi connectivity index (χ2n) is 4.53. The van der Waals surface area contributed by atoms with Crippen LogP contribution in [0.25, 0.3) is 0 Å². The van der Waals surface area contributed by atoms with E-state index < -0.39 is 6.04 Å². The summed E-state index contributed by atoms with van der Waals surface area (Å²) in [4.78, 5) is 0. The molecule has 5 heteroatoms. The van der Waals surface area contributed by atoms with E-state index in [1.165, 1.54) is 18.0 Å². The molecule has 0 aliphatic rings. The van der Waals surface area contributed by atoms with E-state index >= 15 is 0 Å². The highest BCUT2D eigenvalue weighted by molar-refractivity contribution is 7.97. The molecule has 0 aliphatic carbocycles. The summed E-state index contributed by atoms with van der Waals surface area (Å²) in [6.07, 6.45) is 0. The smallest absolute Gasteiger partial charge is 0.136 e. The van der Waals surface area contributed by atoms with Gasteiger partial charge in [0.25, 0.3) is 0 Å². The van der Waals surface area contributed by atoms with Crippen LogP contribution < -0.4 is 10.5 Å². The van der Waals surface area contributed by atoms with Gasteiger partial charge in [0, 0.05) is 5.56 Å². The first-order valence-corrected chi connectivity index (χ1v) is 7.58. The Morgan fingerprint density at radius 1 is 1.14 bits per heavy atom. The van der Waals surface area contributed by atoms with Crippen LogP contribution in [-0.4, -0.2) is 12.5 Å². The van der Waals surface area contributed by atoms with Crippen LogP contribution in [0.4, 0.5) is 4.39 Å². The molecular formula is C16H19FN2OS. The first-order chi connectivity index (χ1) is 10.2. The quantitative estimate of drug-likeness (QED) is 0.609. The maximum atomic E-state index is 13.8. The highest BCUT2D eigenvalue weighted by Crippen LogP contribution is 2.26. The van der Waals surface area contributed by atoms with Gasteiger partial charge in [-0.2, -0.15) is 0 Å². The molecule has 0 heterocycles. The van der Waals surface area contributed by atoms with Crippen LogP contribution in [-0.2, 0) is 11.3 Å². The van der Waals surface area contributed by atoms with Crippen molar-refractivity contribution in [3.05, 3.63) is 71.5 Å². The number of nitrogens with one attached hydrogen (secondary N) is 1. The van der Waals surface area contributed by atoms with Crippen LogP contribution in [0.3, 0.4) is 0 Å². The minimum Gasteiger partial charge on any atom is -0.360 e. The van der Waals surface area contributed by atoms with E-state index in [2.05, 4.69) is 4.72 Å². The third-order valence-corrected chi connectivity index (χ3v) is 3.95. The van der Waals surface area contributed by atoms with Crippen LogP contribution in [0.2, 0.25) is 0 Å². The van der Waals surface area contributed by atoms with Gasteiger partial charge in [0.1, 0.15) is 11.3 Å². The Balaban J connectivity index is 2.06. The van der Waals surface area contributed by atoms with E-state index in [-0.39, 0.29) is 11.3 Å². The van der Waals surface area contributed by atoms with Gasteiger partial charge in [0.2, 0.25) is 0 Å². The summed E-state index contributed by atoms with van der Waals surface area (Å²) in [5, 5.41) is 0. The van der Waals surface area contributed by atoms with Crippen molar-refractivity contribution in [1.82, 2.24) is 4.72 Å². The Labute approximate surface area is 128 Å². The molecule has 0 radical (unpaired) electrons. The molecular weight excluding hydrogens is 287 g/mol. The van der Waals surface area contributed by atoms with E-state index in [0.29, 0.717) is 12.2 Å². The molecule has 2 aromatic rings. The molecule has 21 heavy (non-hydrogen) atoms. The predicted octanol–water partition coefficient (Wildman–Crippen LogP) is 3.24. The van der Waals surface area contributed by atoms with Crippen molar-refractivity contribution in [3.8, 4) is 0 Å². The van der Waals surface area contributed by atoms with Crippen molar-refractivity contribution < 1.29 is 9.13 Å². The lowest BCUT2D eigenvalue weighted by Gasteiger charge is -2.24. The summed E-state index contributed by atoms with van der Waals surface area (Å²) >= 11 is 1.34. The molecule has 0 saturated carbocycles. The fourth-order valence-electron chi connectivity index (χ4n) is 1.97. The van der Waals surface area contributed by atoms with Crippen molar-refractivity contribution in [1.29, 1.82) is 0 Å². The predicted molar refractivity (Wildman–Crippen MR) is 85.0 cm³/mol. The number of halogens is 1. The second-order valence-corrected chi connectivity index (χ2v) is 5.64. The summed E-state index contributed by atoms with van der Waals surface area (Å²) in [6.45, 7) is 0.433. The molecule has 0 aliphatic heterocycles. The van der Waals surface area contributed by atoms with Gasteiger partial charge in [-0.25, -0.2) is 4.39 Å². The van der Waals surface area contributed by atoms with Crippen molar-refractivity contribution in [3.63, 3.8) is 0 Å². The first-order valence-electron chi connectivity index (χ1n) is 6.70. The Kier molecular flexibility index (Phi) is 6.20. The number of nitrogens with two attached hydrogens (primary N) is 1. The second kappa shape index (κ2) is 8.14. The van der Waals surface area contributed by atoms with Crippen LogP contribution >= 0.6 is 11.9 Å². The standard InChI is InChI=1S/C16H19FN2OS/c1-19-21-16(20-11-12-7-3-2-4-8-12)15(18)13-9-5-6-10-14(13)17/h2-10,15-16,19H,11,18H2,1H3. The van der Waals surface area contributed by atoms with Gasteiger partial charge in [-0.3, -0.25) is 4.72 Å². The van der Waals surface area contributed by atoms with E-state index in [0.717, 1.165) is 5.56 Å². The van der Waals surface area contributed by atoms with E-state index in [4.69, 9.17) is 10.5 Å². The summed E-state index contributed by atoms with van der Waals surface area (Å²) in [5.74, 6) is -0.310. The number of benzene rings is 2. The molecule has 3 nitrogen and oxygen atoms in total. The zero-order valence-electron chi connectivity index (χ0n) is 11.8. The molecule has 2 aromatic carbocycles. The van der Waals surface area contributed by atoms with Gasteiger partial charge >= 0.3 is 0 Å². The third-order valence-electron chi connectivity index (χ3n) is 3.05. The molecule has 3 N–H and O–H groups in total.